The first-order chi connectivity index (χ1) is 7.34. The number of carbonyl (C=O) groups excluding carboxylic acids is 1. The van der Waals surface area contributed by atoms with Crippen molar-refractivity contribution in [1.29, 1.82) is 0 Å². The zero-order chi connectivity index (χ0) is 12.7. The second kappa shape index (κ2) is 7.66. The number of hydrogen-bond acceptors (Lipinski definition) is 2. The molecule has 3 heteroatoms. The Hall–Kier alpha value is -0.570. The number of amides is 1. The fourth-order valence-electron chi connectivity index (χ4n) is 1.84. The first kappa shape index (κ1) is 15.4. The van der Waals surface area contributed by atoms with Gasteiger partial charge in [-0.1, -0.05) is 27.7 Å². The maximum Gasteiger partial charge on any atom is 0.224 e. The van der Waals surface area contributed by atoms with Gasteiger partial charge in [-0.3, -0.25) is 4.79 Å². The second-order valence-corrected chi connectivity index (χ2v) is 5.28. The Kier molecular flexibility index (Phi) is 7.39. The molecule has 0 aliphatic heterocycles. The molecule has 1 unspecified atom stereocenters. The smallest absolute Gasteiger partial charge is 0.224 e. The molecule has 0 saturated carbocycles. The third-order valence-electron chi connectivity index (χ3n) is 2.62. The van der Waals surface area contributed by atoms with Crippen LogP contribution in [0.25, 0.3) is 0 Å². The summed E-state index contributed by atoms with van der Waals surface area (Å²) in [5.74, 6) is 0.348. The fourth-order valence-corrected chi connectivity index (χ4v) is 1.84. The lowest BCUT2D eigenvalue weighted by Crippen LogP contribution is -2.34. The summed E-state index contributed by atoms with van der Waals surface area (Å²) in [5.41, 5.74) is 0. The van der Waals surface area contributed by atoms with Gasteiger partial charge in [-0.15, -0.1) is 0 Å². The van der Waals surface area contributed by atoms with E-state index in [1.165, 1.54) is 0 Å². The first-order valence-corrected chi connectivity index (χ1v) is 6.35. The third kappa shape index (κ3) is 6.83. The predicted octanol–water partition coefficient (Wildman–Crippen LogP) is 2.27. The van der Waals surface area contributed by atoms with Gasteiger partial charge >= 0.3 is 0 Å². The minimum absolute atomic E-state index is 0.108. The van der Waals surface area contributed by atoms with Crippen LogP contribution in [0.1, 0.15) is 47.5 Å². The quantitative estimate of drug-likeness (QED) is 0.725. The van der Waals surface area contributed by atoms with Crippen LogP contribution in [-0.2, 0) is 4.79 Å². The van der Waals surface area contributed by atoms with Gasteiger partial charge in [0.15, 0.2) is 0 Å². The molecule has 0 spiro atoms. The van der Waals surface area contributed by atoms with Gasteiger partial charge in [-0.25, -0.2) is 0 Å². The normalized spacial score (nSPS) is 13.2. The fraction of sp³-hybridized carbons (Fsp3) is 0.923. The van der Waals surface area contributed by atoms with Crippen LogP contribution in [0.2, 0.25) is 0 Å². The summed E-state index contributed by atoms with van der Waals surface area (Å²) >= 11 is 0. The molecule has 0 heterocycles. The second-order valence-electron chi connectivity index (χ2n) is 5.28. The molecular formula is C13H28N2O. The van der Waals surface area contributed by atoms with Crippen molar-refractivity contribution >= 4 is 5.91 Å². The first-order valence-electron chi connectivity index (χ1n) is 6.35. The van der Waals surface area contributed by atoms with Gasteiger partial charge in [0.05, 0.1) is 0 Å². The van der Waals surface area contributed by atoms with Crippen LogP contribution in [0.4, 0.5) is 0 Å². The highest BCUT2D eigenvalue weighted by molar-refractivity contribution is 5.77. The lowest BCUT2D eigenvalue weighted by Gasteiger charge is -2.21. The summed E-state index contributed by atoms with van der Waals surface area (Å²) < 4.78 is 0. The van der Waals surface area contributed by atoms with E-state index in [9.17, 15) is 4.79 Å². The molecule has 0 aromatic heterocycles. The highest BCUT2D eigenvalue weighted by atomic mass is 16.2. The van der Waals surface area contributed by atoms with E-state index in [-0.39, 0.29) is 11.8 Å². The van der Waals surface area contributed by atoms with Gasteiger partial charge in [0.1, 0.15) is 0 Å². The van der Waals surface area contributed by atoms with Crippen molar-refractivity contribution in [3.05, 3.63) is 0 Å². The SMILES string of the molecule is CC(C)NC(C)CCCN(C)C(=O)C(C)C. The molecule has 0 aliphatic rings. The zero-order valence-electron chi connectivity index (χ0n) is 11.7. The Labute approximate surface area is 101 Å². The van der Waals surface area contributed by atoms with E-state index in [1.807, 2.05) is 25.8 Å². The molecule has 0 bridgehead atoms. The van der Waals surface area contributed by atoms with E-state index in [0.29, 0.717) is 12.1 Å². The number of carbonyl (C=O) groups is 1. The van der Waals surface area contributed by atoms with Gasteiger partial charge in [0, 0.05) is 31.6 Å². The summed E-state index contributed by atoms with van der Waals surface area (Å²) in [7, 11) is 1.89. The molecule has 96 valence electrons. The van der Waals surface area contributed by atoms with Crippen LogP contribution < -0.4 is 5.32 Å². The predicted molar refractivity (Wildman–Crippen MR) is 69.4 cm³/mol. The van der Waals surface area contributed by atoms with E-state index in [4.69, 9.17) is 0 Å². The van der Waals surface area contributed by atoms with Crippen molar-refractivity contribution in [2.75, 3.05) is 13.6 Å². The third-order valence-corrected chi connectivity index (χ3v) is 2.62. The Morgan fingerprint density at radius 3 is 2.19 bits per heavy atom. The van der Waals surface area contributed by atoms with Gasteiger partial charge < -0.3 is 10.2 Å². The Bertz CT molecular complexity index is 202. The highest BCUT2D eigenvalue weighted by Gasteiger charge is 2.12. The molecule has 3 nitrogen and oxygen atoms in total. The van der Waals surface area contributed by atoms with E-state index in [1.54, 1.807) is 0 Å². The average molecular weight is 228 g/mol. The summed E-state index contributed by atoms with van der Waals surface area (Å²) in [4.78, 5) is 13.4. The van der Waals surface area contributed by atoms with Gasteiger partial charge in [0.2, 0.25) is 5.91 Å². The largest absolute Gasteiger partial charge is 0.346 e. The molecule has 0 aromatic carbocycles. The van der Waals surface area contributed by atoms with Crippen LogP contribution in [0.15, 0.2) is 0 Å². The Morgan fingerprint density at radius 1 is 1.19 bits per heavy atom. The molecule has 1 N–H and O–H groups in total. The molecular weight excluding hydrogens is 200 g/mol. The van der Waals surface area contributed by atoms with E-state index >= 15 is 0 Å². The molecule has 1 amide bonds. The van der Waals surface area contributed by atoms with Gasteiger partial charge in [0.25, 0.3) is 0 Å². The molecule has 0 aromatic rings. The van der Waals surface area contributed by atoms with E-state index in [0.717, 1.165) is 19.4 Å². The number of nitrogens with zero attached hydrogens (tertiary/aromatic N) is 1. The lowest BCUT2D eigenvalue weighted by atomic mass is 10.1. The van der Waals surface area contributed by atoms with Crippen LogP contribution in [0.5, 0.6) is 0 Å². The van der Waals surface area contributed by atoms with E-state index in [2.05, 4.69) is 26.1 Å². The molecule has 0 rings (SSSR count). The van der Waals surface area contributed by atoms with Crippen LogP contribution in [0.3, 0.4) is 0 Å². The minimum Gasteiger partial charge on any atom is -0.346 e. The van der Waals surface area contributed by atoms with Crippen LogP contribution in [0, 0.1) is 5.92 Å². The van der Waals surface area contributed by atoms with E-state index < -0.39 is 0 Å². The van der Waals surface area contributed by atoms with Crippen molar-refractivity contribution in [2.45, 2.75) is 59.5 Å². The topological polar surface area (TPSA) is 32.3 Å². The van der Waals surface area contributed by atoms with Crippen molar-refractivity contribution in [3.63, 3.8) is 0 Å². The Balaban J connectivity index is 3.69. The highest BCUT2D eigenvalue weighted by Crippen LogP contribution is 2.03. The molecule has 0 fully saturated rings. The van der Waals surface area contributed by atoms with Crippen LogP contribution in [-0.4, -0.2) is 36.5 Å². The molecule has 0 radical (unpaired) electrons. The summed E-state index contributed by atoms with van der Waals surface area (Å²) in [5, 5.41) is 3.46. The average Bonchev–Trinajstić information content (AvgIpc) is 2.14. The Morgan fingerprint density at radius 2 is 1.75 bits per heavy atom. The van der Waals surface area contributed by atoms with Crippen LogP contribution >= 0.6 is 0 Å². The van der Waals surface area contributed by atoms with Crippen molar-refractivity contribution in [2.24, 2.45) is 5.92 Å². The molecule has 0 saturated heterocycles. The minimum atomic E-state index is 0.108. The number of rotatable bonds is 7. The molecule has 16 heavy (non-hydrogen) atoms. The van der Waals surface area contributed by atoms with Crippen molar-refractivity contribution in [3.8, 4) is 0 Å². The maximum absolute atomic E-state index is 11.6. The maximum atomic E-state index is 11.6. The standard InChI is InChI=1S/C13H28N2O/c1-10(2)13(16)15(6)9-7-8-12(5)14-11(3)4/h10-12,14H,7-9H2,1-6H3. The number of hydrogen-bond donors (Lipinski definition) is 1. The van der Waals surface area contributed by atoms with Crippen molar-refractivity contribution in [1.82, 2.24) is 10.2 Å². The lowest BCUT2D eigenvalue weighted by molar-refractivity contribution is -0.133. The monoisotopic (exact) mass is 228 g/mol. The zero-order valence-corrected chi connectivity index (χ0v) is 11.7. The summed E-state index contributed by atoms with van der Waals surface area (Å²) in [6.07, 6.45) is 2.18. The molecule has 0 aliphatic carbocycles. The molecule has 1 atom stereocenters. The number of nitrogens with one attached hydrogen (secondary N) is 1. The summed E-state index contributed by atoms with van der Waals surface area (Å²) in [6.45, 7) is 11.3. The van der Waals surface area contributed by atoms with Gasteiger partial charge in [-0.2, -0.15) is 0 Å². The van der Waals surface area contributed by atoms with Gasteiger partial charge in [-0.05, 0) is 19.8 Å². The van der Waals surface area contributed by atoms with Crippen molar-refractivity contribution < 1.29 is 4.79 Å². The summed E-state index contributed by atoms with van der Waals surface area (Å²) in [6, 6.07) is 1.06.